The molecule has 1 aromatic carbocycles. The molecule has 0 aliphatic heterocycles. The van der Waals surface area contributed by atoms with E-state index in [0.29, 0.717) is 17.9 Å². The summed E-state index contributed by atoms with van der Waals surface area (Å²) in [6, 6.07) is 2.30. The Morgan fingerprint density at radius 3 is 1.96 bits per heavy atom. The lowest BCUT2D eigenvalue weighted by Gasteiger charge is -2.37. The minimum absolute atomic E-state index is 0.576. The van der Waals surface area contributed by atoms with Crippen molar-refractivity contribution in [2.24, 2.45) is 23.7 Å². The molecule has 0 bridgehead atoms. The van der Waals surface area contributed by atoms with Crippen molar-refractivity contribution in [3.8, 4) is 0 Å². The standard InChI is InChI=1S/C24H33F3/c1-2-3-4-17-7-11-20(12-8-17)21-13-9-18(10-14-21)5-6-19-15-22(25)24(27)23(26)16-19/h3-4,15-18,20-21H,2,5-14H2,1H3. The summed E-state index contributed by atoms with van der Waals surface area (Å²) in [4.78, 5) is 0. The Bertz CT molecular complexity index is 598. The number of hydrogen-bond acceptors (Lipinski definition) is 0. The maximum Gasteiger partial charge on any atom is 0.194 e. The second-order valence-electron chi connectivity index (χ2n) is 8.70. The summed E-state index contributed by atoms with van der Waals surface area (Å²) in [5, 5.41) is 0. The first-order chi connectivity index (χ1) is 13.1. The monoisotopic (exact) mass is 378 g/mol. The van der Waals surface area contributed by atoms with Crippen LogP contribution in [-0.2, 0) is 6.42 Å². The first-order valence-corrected chi connectivity index (χ1v) is 10.9. The smallest absolute Gasteiger partial charge is 0.194 e. The third-order valence-corrected chi connectivity index (χ3v) is 6.90. The van der Waals surface area contributed by atoms with Gasteiger partial charge in [0.1, 0.15) is 0 Å². The molecule has 0 amide bonds. The average Bonchev–Trinajstić information content (AvgIpc) is 2.69. The summed E-state index contributed by atoms with van der Waals surface area (Å²) < 4.78 is 39.7. The van der Waals surface area contributed by atoms with Gasteiger partial charge in [-0.05, 0) is 99.2 Å². The van der Waals surface area contributed by atoms with Gasteiger partial charge in [-0.1, -0.05) is 31.9 Å². The van der Waals surface area contributed by atoms with Gasteiger partial charge < -0.3 is 0 Å². The van der Waals surface area contributed by atoms with Crippen LogP contribution in [0, 0.1) is 41.1 Å². The zero-order chi connectivity index (χ0) is 19.2. The Labute approximate surface area is 162 Å². The van der Waals surface area contributed by atoms with Crippen molar-refractivity contribution in [1.29, 1.82) is 0 Å². The number of halogens is 3. The van der Waals surface area contributed by atoms with Gasteiger partial charge in [0.05, 0.1) is 0 Å². The maximum absolute atomic E-state index is 13.3. The fourth-order valence-electron chi connectivity index (χ4n) is 5.21. The summed E-state index contributed by atoms with van der Waals surface area (Å²) in [5.74, 6) is -0.291. The number of benzene rings is 1. The van der Waals surface area contributed by atoms with Gasteiger partial charge in [-0.2, -0.15) is 0 Å². The fraction of sp³-hybridized carbons (Fsp3) is 0.667. The highest BCUT2D eigenvalue weighted by Crippen LogP contribution is 2.42. The van der Waals surface area contributed by atoms with E-state index in [4.69, 9.17) is 0 Å². The van der Waals surface area contributed by atoms with Gasteiger partial charge in [0.2, 0.25) is 0 Å². The molecule has 3 rings (SSSR count). The van der Waals surface area contributed by atoms with Crippen LogP contribution in [0.2, 0.25) is 0 Å². The molecule has 150 valence electrons. The lowest BCUT2D eigenvalue weighted by molar-refractivity contribution is 0.152. The van der Waals surface area contributed by atoms with Gasteiger partial charge in [0, 0.05) is 0 Å². The van der Waals surface area contributed by atoms with Crippen LogP contribution < -0.4 is 0 Å². The van der Waals surface area contributed by atoms with E-state index < -0.39 is 17.5 Å². The first-order valence-electron chi connectivity index (χ1n) is 10.9. The van der Waals surface area contributed by atoms with Crippen LogP contribution in [-0.4, -0.2) is 0 Å². The van der Waals surface area contributed by atoms with E-state index in [1.165, 1.54) is 51.4 Å². The topological polar surface area (TPSA) is 0 Å². The normalized spacial score (nSPS) is 29.3. The molecule has 0 saturated heterocycles. The number of hydrogen-bond donors (Lipinski definition) is 0. The Morgan fingerprint density at radius 1 is 0.852 bits per heavy atom. The molecular weight excluding hydrogens is 345 g/mol. The zero-order valence-corrected chi connectivity index (χ0v) is 16.5. The van der Waals surface area contributed by atoms with E-state index in [1.54, 1.807) is 0 Å². The van der Waals surface area contributed by atoms with Gasteiger partial charge in [0.15, 0.2) is 17.5 Å². The molecule has 1 aromatic rings. The highest BCUT2D eigenvalue weighted by atomic mass is 19.2. The fourth-order valence-corrected chi connectivity index (χ4v) is 5.21. The summed E-state index contributed by atoms with van der Waals surface area (Å²) in [5.41, 5.74) is 0.576. The molecule has 0 heterocycles. The van der Waals surface area contributed by atoms with Crippen molar-refractivity contribution < 1.29 is 13.2 Å². The van der Waals surface area contributed by atoms with Gasteiger partial charge in [0.25, 0.3) is 0 Å². The average molecular weight is 379 g/mol. The van der Waals surface area contributed by atoms with Crippen LogP contribution in [0.5, 0.6) is 0 Å². The van der Waals surface area contributed by atoms with E-state index in [0.717, 1.165) is 42.7 Å². The predicted octanol–water partition coefficient (Wildman–Crippen LogP) is 7.62. The lowest BCUT2D eigenvalue weighted by atomic mass is 9.68. The Balaban J connectivity index is 1.40. The van der Waals surface area contributed by atoms with Crippen molar-refractivity contribution in [1.82, 2.24) is 0 Å². The largest absolute Gasteiger partial charge is 0.204 e. The number of rotatable bonds is 6. The Kier molecular flexibility index (Phi) is 7.43. The van der Waals surface area contributed by atoms with Crippen molar-refractivity contribution in [3.05, 3.63) is 47.3 Å². The minimum atomic E-state index is -1.36. The van der Waals surface area contributed by atoms with Crippen LogP contribution >= 0.6 is 0 Å². The third kappa shape index (κ3) is 5.62. The quantitative estimate of drug-likeness (QED) is 0.353. The molecule has 0 unspecified atom stereocenters. The first kappa shape index (κ1) is 20.5. The van der Waals surface area contributed by atoms with E-state index in [9.17, 15) is 13.2 Å². The molecule has 2 saturated carbocycles. The molecule has 2 fully saturated rings. The molecule has 2 aliphatic carbocycles. The zero-order valence-electron chi connectivity index (χ0n) is 16.5. The van der Waals surface area contributed by atoms with E-state index in [1.807, 2.05) is 0 Å². The van der Waals surface area contributed by atoms with Crippen molar-refractivity contribution >= 4 is 0 Å². The molecule has 2 aliphatic rings. The second kappa shape index (κ2) is 9.80. The van der Waals surface area contributed by atoms with Gasteiger partial charge in [-0.15, -0.1) is 0 Å². The molecule has 0 radical (unpaired) electrons. The van der Waals surface area contributed by atoms with Crippen molar-refractivity contribution in [3.63, 3.8) is 0 Å². The molecule has 0 spiro atoms. The summed E-state index contributed by atoms with van der Waals surface area (Å²) >= 11 is 0. The van der Waals surface area contributed by atoms with Gasteiger partial charge >= 0.3 is 0 Å². The Morgan fingerprint density at radius 2 is 1.41 bits per heavy atom. The molecule has 0 atom stereocenters. The van der Waals surface area contributed by atoms with Crippen LogP contribution in [0.1, 0.15) is 76.7 Å². The maximum atomic E-state index is 13.3. The third-order valence-electron chi connectivity index (χ3n) is 6.90. The molecule has 0 nitrogen and oxygen atoms in total. The number of allylic oxidation sites excluding steroid dienone is 2. The van der Waals surface area contributed by atoms with E-state index in [2.05, 4.69) is 19.1 Å². The highest BCUT2D eigenvalue weighted by Gasteiger charge is 2.30. The molecular formula is C24H33F3. The van der Waals surface area contributed by atoms with Crippen LogP contribution in [0.25, 0.3) is 0 Å². The molecule has 3 heteroatoms. The SMILES string of the molecule is CCC=CC1CCC(C2CCC(CCc3cc(F)c(F)c(F)c3)CC2)CC1. The van der Waals surface area contributed by atoms with Crippen molar-refractivity contribution in [2.45, 2.75) is 77.6 Å². The minimum Gasteiger partial charge on any atom is -0.204 e. The molecule has 27 heavy (non-hydrogen) atoms. The van der Waals surface area contributed by atoms with Gasteiger partial charge in [-0.3, -0.25) is 0 Å². The number of aryl methyl sites for hydroxylation is 1. The summed E-state index contributed by atoms with van der Waals surface area (Å²) in [6.45, 7) is 2.20. The van der Waals surface area contributed by atoms with Crippen LogP contribution in [0.15, 0.2) is 24.3 Å². The lowest BCUT2D eigenvalue weighted by Crippen LogP contribution is -2.25. The van der Waals surface area contributed by atoms with Crippen LogP contribution in [0.4, 0.5) is 13.2 Å². The summed E-state index contributed by atoms with van der Waals surface area (Å²) in [6.07, 6.45) is 18.0. The van der Waals surface area contributed by atoms with E-state index in [-0.39, 0.29) is 0 Å². The Hall–Kier alpha value is -1.25. The highest BCUT2D eigenvalue weighted by molar-refractivity contribution is 5.19. The molecule has 0 aromatic heterocycles. The van der Waals surface area contributed by atoms with E-state index >= 15 is 0 Å². The molecule has 0 N–H and O–H groups in total. The van der Waals surface area contributed by atoms with Crippen LogP contribution in [0.3, 0.4) is 0 Å². The summed E-state index contributed by atoms with van der Waals surface area (Å²) in [7, 11) is 0. The van der Waals surface area contributed by atoms with Crippen molar-refractivity contribution in [2.75, 3.05) is 0 Å². The second-order valence-corrected chi connectivity index (χ2v) is 8.70. The predicted molar refractivity (Wildman–Crippen MR) is 105 cm³/mol. The van der Waals surface area contributed by atoms with Gasteiger partial charge in [-0.25, -0.2) is 13.2 Å².